The second-order valence-corrected chi connectivity index (χ2v) is 4.11. The zero-order valence-electron chi connectivity index (χ0n) is 10.3. The van der Waals surface area contributed by atoms with Gasteiger partial charge in [-0.2, -0.15) is 4.39 Å². The Kier molecular flexibility index (Phi) is 4.76. The van der Waals surface area contributed by atoms with Crippen molar-refractivity contribution in [1.29, 1.82) is 0 Å². The van der Waals surface area contributed by atoms with Crippen LogP contribution in [0.5, 0.6) is 0 Å². The Bertz CT molecular complexity index is 431. The van der Waals surface area contributed by atoms with Crippen molar-refractivity contribution in [1.82, 2.24) is 9.88 Å². The molecule has 0 bridgehead atoms. The molecule has 0 aliphatic heterocycles. The summed E-state index contributed by atoms with van der Waals surface area (Å²) >= 11 is 0. The predicted molar refractivity (Wildman–Crippen MR) is 62.6 cm³/mol. The summed E-state index contributed by atoms with van der Waals surface area (Å²) in [6.45, 7) is 3.69. The summed E-state index contributed by atoms with van der Waals surface area (Å²) in [5, 5.41) is 8.63. The minimum atomic E-state index is -0.967. The monoisotopic (exact) mass is 254 g/mol. The van der Waals surface area contributed by atoms with Crippen LogP contribution in [0.15, 0.2) is 18.3 Å². The molecule has 1 aromatic rings. The zero-order chi connectivity index (χ0) is 13.7. The minimum absolute atomic E-state index is 0.114. The van der Waals surface area contributed by atoms with Crippen LogP contribution in [0, 0.1) is 5.95 Å². The molecule has 5 nitrogen and oxygen atoms in total. The third kappa shape index (κ3) is 3.80. The molecule has 0 atom stereocenters. The summed E-state index contributed by atoms with van der Waals surface area (Å²) in [5.41, 5.74) is 0.246. The zero-order valence-corrected chi connectivity index (χ0v) is 10.3. The summed E-state index contributed by atoms with van der Waals surface area (Å²) in [6, 6.07) is 2.30. The highest BCUT2D eigenvalue weighted by Gasteiger charge is 2.19. The normalized spacial score (nSPS) is 10.4. The van der Waals surface area contributed by atoms with Crippen LogP contribution in [0.2, 0.25) is 0 Å². The molecule has 0 aromatic carbocycles. The molecule has 0 fully saturated rings. The second kappa shape index (κ2) is 6.09. The number of amides is 1. The maximum Gasteiger partial charge on any atom is 0.305 e. The smallest absolute Gasteiger partial charge is 0.305 e. The molecule has 0 aliphatic carbocycles. The average molecular weight is 254 g/mol. The lowest BCUT2D eigenvalue weighted by atomic mass is 10.2. The number of carbonyl (C=O) groups excluding carboxylic acids is 1. The second-order valence-electron chi connectivity index (χ2n) is 4.11. The summed E-state index contributed by atoms with van der Waals surface area (Å²) in [6.07, 6.45) is 1.02. The fraction of sp³-hybridized carbons (Fsp3) is 0.417. The Morgan fingerprint density at radius 3 is 2.56 bits per heavy atom. The molecule has 0 aliphatic rings. The third-order valence-corrected chi connectivity index (χ3v) is 2.43. The van der Waals surface area contributed by atoms with Gasteiger partial charge < -0.3 is 10.0 Å². The Balaban J connectivity index is 2.82. The molecule has 98 valence electrons. The van der Waals surface area contributed by atoms with Crippen LogP contribution >= 0.6 is 0 Å². The molecule has 0 saturated carbocycles. The Hall–Kier alpha value is -1.98. The van der Waals surface area contributed by atoms with Gasteiger partial charge in [-0.3, -0.25) is 9.59 Å². The van der Waals surface area contributed by atoms with Gasteiger partial charge in [0.2, 0.25) is 5.95 Å². The summed E-state index contributed by atoms with van der Waals surface area (Å²) in [4.78, 5) is 27.4. The number of hydrogen-bond acceptors (Lipinski definition) is 3. The molecule has 0 unspecified atom stereocenters. The number of aliphatic carboxylic acids is 1. The van der Waals surface area contributed by atoms with Crippen LogP contribution < -0.4 is 0 Å². The van der Waals surface area contributed by atoms with Gasteiger partial charge in [0.05, 0.1) is 12.0 Å². The van der Waals surface area contributed by atoms with Gasteiger partial charge in [0, 0.05) is 18.8 Å². The fourth-order valence-electron chi connectivity index (χ4n) is 1.48. The van der Waals surface area contributed by atoms with Gasteiger partial charge in [0.1, 0.15) is 0 Å². The molecule has 18 heavy (non-hydrogen) atoms. The molecule has 6 heteroatoms. The van der Waals surface area contributed by atoms with E-state index in [0.717, 1.165) is 12.3 Å². The largest absolute Gasteiger partial charge is 0.481 e. The Labute approximate surface area is 104 Å². The van der Waals surface area contributed by atoms with E-state index in [1.807, 2.05) is 0 Å². The first-order valence-corrected chi connectivity index (χ1v) is 5.56. The van der Waals surface area contributed by atoms with E-state index in [4.69, 9.17) is 5.11 Å². The molecular weight excluding hydrogens is 239 g/mol. The molecular formula is C12H15FN2O3. The topological polar surface area (TPSA) is 70.5 Å². The molecule has 1 amide bonds. The highest BCUT2D eigenvalue weighted by molar-refractivity contribution is 5.94. The number of halogens is 1. The van der Waals surface area contributed by atoms with Gasteiger partial charge in [-0.15, -0.1) is 0 Å². The van der Waals surface area contributed by atoms with Crippen molar-refractivity contribution in [3.8, 4) is 0 Å². The highest BCUT2D eigenvalue weighted by Crippen LogP contribution is 2.09. The van der Waals surface area contributed by atoms with Crippen molar-refractivity contribution in [3.63, 3.8) is 0 Å². The highest BCUT2D eigenvalue weighted by atomic mass is 19.1. The van der Waals surface area contributed by atoms with Crippen LogP contribution in [0.25, 0.3) is 0 Å². The molecule has 0 radical (unpaired) electrons. The number of carboxylic acids is 1. The molecule has 1 heterocycles. The van der Waals surface area contributed by atoms with Gasteiger partial charge in [-0.05, 0) is 26.0 Å². The van der Waals surface area contributed by atoms with E-state index in [0.29, 0.717) is 0 Å². The first-order chi connectivity index (χ1) is 8.41. The van der Waals surface area contributed by atoms with Gasteiger partial charge in [-0.1, -0.05) is 0 Å². The van der Waals surface area contributed by atoms with Gasteiger partial charge >= 0.3 is 5.97 Å². The number of rotatable bonds is 5. The van der Waals surface area contributed by atoms with Crippen molar-refractivity contribution in [2.45, 2.75) is 26.3 Å². The van der Waals surface area contributed by atoms with Crippen LogP contribution in [0.3, 0.4) is 0 Å². The molecule has 1 aromatic heterocycles. The van der Waals surface area contributed by atoms with Crippen molar-refractivity contribution in [3.05, 3.63) is 29.8 Å². The quantitative estimate of drug-likeness (QED) is 0.809. The van der Waals surface area contributed by atoms with Crippen molar-refractivity contribution in [2.75, 3.05) is 6.54 Å². The minimum Gasteiger partial charge on any atom is -0.481 e. The maximum absolute atomic E-state index is 12.6. The fourth-order valence-corrected chi connectivity index (χ4v) is 1.48. The van der Waals surface area contributed by atoms with Crippen LogP contribution in [0.4, 0.5) is 4.39 Å². The van der Waals surface area contributed by atoms with E-state index in [9.17, 15) is 14.0 Å². The van der Waals surface area contributed by atoms with Gasteiger partial charge in [-0.25, -0.2) is 4.98 Å². The summed E-state index contributed by atoms with van der Waals surface area (Å²) in [7, 11) is 0. The summed E-state index contributed by atoms with van der Waals surface area (Å²) in [5.74, 6) is -1.97. The van der Waals surface area contributed by atoms with E-state index in [-0.39, 0.29) is 30.5 Å². The van der Waals surface area contributed by atoms with Gasteiger partial charge in [0.15, 0.2) is 0 Å². The molecule has 1 N–H and O–H groups in total. The van der Waals surface area contributed by atoms with Gasteiger partial charge in [0.25, 0.3) is 5.91 Å². The number of pyridine rings is 1. The lowest BCUT2D eigenvalue weighted by Gasteiger charge is -2.26. The van der Waals surface area contributed by atoms with E-state index >= 15 is 0 Å². The summed E-state index contributed by atoms with van der Waals surface area (Å²) < 4.78 is 12.6. The van der Waals surface area contributed by atoms with E-state index in [1.165, 1.54) is 11.0 Å². The van der Waals surface area contributed by atoms with E-state index < -0.39 is 11.9 Å². The first kappa shape index (κ1) is 14.1. The van der Waals surface area contributed by atoms with Crippen molar-refractivity contribution in [2.24, 2.45) is 0 Å². The molecule has 1 rings (SSSR count). The predicted octanol–water partition coefficient (Wildman–Crippen LogP) is 1.55. The van der Waals surface area contributed by atoms with Crippen LogP contribution in [-0.4, -0.2) is 39.5 Å². The number of hydrogen-bond donors (Lipinski definition) is 1. The standard InChI is InChI=1S/C12H15FN2O3/c1-8(2)15(6-5-11(16)17)12(18)9-3-4-10(13)14-7-9/h3-4,7-8H,5-6H2,1-2H3,(H,16,17). The van der Waals surface area contributed by atoms with Crippen molar-refractivity contribution >= 4 is 11.9 Å². The molecule has 0 spiro atoms. The van der Waals surface area contributed by atoms with Crippen molar-refractivity contribution < 1.29 is 19.1 Å². The first-order valence-electron chi connectivity index (χ1n) is 5.56. The maximum atomic E-state index is 12.6. The Morgan fingerprint density at radius 1 is 1.44 bits per heavy atom. The molecule has 0 saturated heterocycles. The number of nitrogens with zero attached hydrogens (tertiary/aromatic N) is 2. The number of carboxylic acid groups (broad SMARTS) is 1. The van der Waals surface area contributed by atoms with Crippen LogP contribution in [0.1, 0.15) is 30.6 Å². The number of aromatic nitrogens is 1. The lowest BCUT2D eigenvalue weighted by Crippen LogP contribution is -2.38. The average Bonchev–Trinajstić information content (AvgIpc) is 2.29. The SMILES string of the molecule is CC(C)N(CCC(=O)O)C(=O)c1ccc(F)nc1. The van der Waals surface area contributed by atoms with Crippen LogP contribution in [-0.2, 0) is 4.79 Å². The Morgan fingerprint density at radius 2 is 2.11 bits per heavy atom. The number of carbonyl (C=O) groups is 2. The third-order valence-electron chi connectivity index (χ3n) is 2.43. The van der Waals surface area contributed by atoms with E-state index in [2.05, 4.69) is 4.98 Å². The van der Waals surface area contributed by atoms with E-state index in [1.54, 1.807) is 13.8 Å². The lowest BCUT2D eigenvalue weighted by molar-refractivity contribution is -0.137.